The van der Waals surface area contributed by atoms with Crippen molar-refractivity contribution in [2.75, 3.05) is 33.4 Å². The van der Waals surface area contributed by atoms with Crippen LogP contribution < -0.4 is 10.6 Å². The fourth-order valence-electron chi connectivity index (χ4n) is 2.71. The Morgan fingerprint density at radius 2 is 2.05 bits per heavy atom. The average Bonchev–Trinajstić information content (AvgIpc) is 2.38. The summed E-state index contributed by atoms with van der Waals surface area (Å²) < 4.78 is 5.25. The molecule has 1 heterocycles. The van der Waals surface area contributed by atoms with Gasteiger partial charge in [-0.05, 0) is 38.3 Å². The van der Waals surface area contributed by atoms with Gasteiger partial charge in [0.25, 0.3) is 0 Å². The van der Waals surface area contributed by atoms with Crippen LogP contribution in [0, 0.1) is 11.3 Å². The van der Waals surface area contributed by atoms with E-state index < -0.39 is 5.41 Å². The summed E-state index contributed by atoms with van der Waals surface area (Å²) in [6.07, 6.45) is 2.36. The SMILES string of the molecule is COCC1(C(=O)NC(CO)CC(C)C)CCNCC1. The van der Waals surface area contributed by atoms with Crippen molar-refractivity contribution < 1.29 is 14.6 Å². The van der Waals surface area contributed by atoms with Crippen molar-refractivity contribution >= 4 is 5.91 Å². The van der Waals surface area contributed by atoms with Crippen molar-refractivity contribution in [3.05, 3.63) is 0 Å². The molecule has 1 atom stereocenters. The lowest BCUT2D eigenvalue weighted by Crippen LogP contribution is -2.53. The average molecular weight is 272 g/mol. The predicted octanol–water partition coefficient (Wildman–Crippen LogP) is 0.526. The van der Waals surface area contributed by atoms with Gasteiger partial charge in [-0.1, -0.05) is 13.8 Å². The number of rotatable bonds is 7. The van der Waals surface area contributed by atoms with Gasteiger partial charge in [-0.25, -0.2) is 0 Å². The molecule has 1 fully saturated rings. The molecule has 0 aromatic heterocycles. The second kappa shape index (κ2) is 7.82. The van der Waals surface area contributed by atoms with E-state index in [1.807, 2.05) is 0 Å². The topological polar surface area (TPSA) is 70.6 Å². The highest BCUT2D eigenvalue weighted by Crippen LogP contribution is 2.29. The Hall–Kier alpha value is -0.650. The van der Waals surface area contributed by atoms with E-state index in [0.29, 0.717) is 12.5 Å². The number of aliphatic hydroxyl groups is 1. The van der Waals surface area contributed by atoms with Gasteiger partial charge in [0.2, 0.25) is 5.91 Å². The van der Waals surface area contributed by atoms with Crippen LogP contribution >= 0.6 is 0 Å². The van der Waals surface area contributed by atoms with Gasteiger partial charge in [-0.15, -0.1) is 0 Å². The largest absolute Gasteiger partial charge is 0.394 e. The summed E-state index contributed by atoms with van der Waals surface area (Å²) in [5, 5.41) is 15.6. The van der Waals surface area contributed by atoms with Gasteiger partial charge in [0.1, 0.15) is 0 Å². The number of hydrogen-bond donors (Lipinski definition) is 3. The summed E-state index contributed by atoms with van der Waals surface area (Å²) in [5.41, 5.74) is -0.440. The molecule has 0 aromatic carbocycles. The molecule has 112 valence electrons. The molecule has 1 saturated heterocycles. The maximum absolute atomic E-state index is 12.5. The number of hydrogen-bond acceptors (Lipinski definition) is 4. The van der Waals surface area contributed by atoms with Crippen molar-refractivity contribution in [1.82, 2.24) is 10.6 Å². The van der Waals surface area contributed by atoms with Crippen LogP contribution in [0.2, 0.25) is 0 Å². The fraction of sp³-hybridized carbons (Fsp3) is 0.929. The minimum atomic E-state index is -0.440. The molecule has 19 heavy (non-hydrogen) atoms. The molecule has 5 heteroatoms. The van der Waals surface area contributed by atoms with E-state index in [0.717, 1.165) is 32.4 Å². The van der Waals surface area contributed by atoms with Crippen molar-refractivity contribution in [1.29, 1.82) is 0 Å². The summed E-state index contributed by atoms with van der Waals surface area (Å²) >= 11 is 0. The normalized spacial score (nSPS) is 20.3. The van der Waals surface area contributed by atoms with E-state index in [1.165, 1.54) is 0 Å². The van der Waals surface area contributed by atoms with Crippen molar-refractivity contribution in [2.45, 2.75) is 39.2 Å². The standard InChI is InChI=1S/C14H28N2O3/c1-11(2)8-12(9-17)16-13(18)14(10-19-3)4-6-15-7-5-14/h11-12,15,17H,4-10H2,1-3H3,(H,16,18). The van der Waals surface area contributed by atoms with E-state index in [4.69, 9.17) is 4.74 Å². The number of carbonyl (C=O) groups excluding carboxylic acids is 1. The van der Waals surface area contributed by atoms with Crippen LogP contribution in [0.3, 0.4) is 0 Å². The van der Waals surface area contributed by atoms with Crippen LogP contribution in [0.1, 0.15) is 33.1 Å². The first-order valence-electron chi connectivity index (χ1n) is 7.15. The molecule has 0 spiro atoms. The van der Waals surface area contributed by atoms with Crippen LogP contribution in [0.5, 0.6) is 0 Å². The Kier molecular flexibility index (Phi) is 6.75. The third-order valence-electron chi connectivity index (χ3n) is 3.77. The highest BCUT2D eigenvalue weighted by molar-refractivity contribution is 5.83. The third kappa shape index (κ3) is 4.75. The predicted molar refractivity (Wildman–Crippen MR) is 74.9 cm³/mol. The highest BCUT2D eigenvalue weighted by atomic mass is 16.5. The number of amides is 1. The Bertz CT molecular complexity index is 270. The molecule has 1 amide bonds. The second-order valence-electron chi connectivity index (χ2n) is 5.95. The summed E-state index contributed by atoms with van der Waals surface area (Å²) in [5.74, 6) is 0.472. The first-order valence-corrected chi connectivity index (χ1v) is 7.15. The molecule has 1 aliphatic heterocycles. The van der Waals surface area contributed by atoms with Crippen molar-refractivity contribution in [2.24, 2.45) is 11.3 Å². The quantitative estimate of drug-likeness (QED) is 0.632. The molecule has 3 N–H and O–H groups in total. The summed E-state index contributed by atoms with van der Waals surface area (Å²) in [7, 11) is 1.63. The number of aliphatic hydroxyl groups excluding tert-OH is 1. The first kappa shape index (κ1) is 16.4. The Balaban J connectivity index is 2.65. The molecular formula is C14H28N2O3. The molecule has 1 rings (SSSR count). The number of nitrogens with one attached hydrogen (secondary N) is 2. The van der Waals surface area contributed by atoms with Crippen LogP contribution in [0.25, 0.3) is 0 Å². The summed E-state index contributed by atoms with van der Waals surface area (Å²) in [6.45, 7) is 6.29. The Morgan fingerprint density at radius 1 is 1.42 bits per heavy atom. The molecule has 0 aromatic rings. The zero-order valence-corrected chi connectivity index (χ0v) is 12.4. The van der Waals surface area contributed by atoms with Crippen LogP contribution in [0.15, 0.2) is 0 Å². The van der Waals surface area contributed by atoms with E-state index in [1.54, 1.807) is 7.11 Å². The Morgan fingerprint density at radius 3 is 2.53 bits per heavy atom. The van der Waals surface area contributed by atoms with Gasteiger partial charge in [0.05, 0.1) is 24.7 Å². The Labute approximate surface area is 116 Å². The third-order valence-corrected chi connectivity index (χ3v) is 3.77. The van der Waals surface area contributed by atoms with E-state index >= 15 is 0 Å². The second-order valence-corrected chi connectivity index (χ2v) is 5.95. The number of carbonyl (C=O) groups is 1. The van der Waals surface area contributed by atoms with Gasteiger partial charge < -0.3 is 20.5 Å². The smallest absolute Gasteiger partial charge is 0.228 e. The molecule has 5 nitrogen and oxygen atoms in total. The minimum Gasteiger partial charge on any atom is -0.394 e. The zero-order chi connectivity index (χ0) is 14.3. The monoisotopic (exact) mass is 272 g/mol. The maximum atomic E-state index is 12.5. The molecule has 0 bridgehead atoms. The first-order chi connectivity index (χ1) is 9.04. The van der Waals surface area contributed by atoms with E-state index in [-0.39, 0.29) is 18.6 Å². The summed E-state index contributed by atoms with van der Waals surface area (Å²) in [4.78, 5) is 12.5. The minimum absolute atomic E-state index is 0.00870. The highest BCUT2D eigenvalue weighted by Gasteiger charge is 2.40. The molecular weight excluding hydrogens is 244 g/mol. The molecule has 0 radical (unpaired) electrons. The van der Waals surface area contributed by atoms with Gasteiger partial charge in [0.15, 0.2) is 0 Å². The molecule has 1 aliphatic rings. The molecule has 1 unspecified atom stereocenters. The van der Waals surface area contributed by atoms with Gasteiger partial charge >= 0.3 is 0 Å². The van der Waals surface area contributed by atoms with Crippen molar-refractivity contribution in [3.8, 4) is 0 Å². The van der Waals surface area contributed by atoms with E-state index in [9.17, 15) is 9.90 Å². The fourth-order valence-corrected chi connectivity index (χ4v) is 2.71. The number of methoxy groups -OCH3 is 1. The van der Waals surface area contributed by atoms with Gasteiger partial charge in [-0.2, -0.15) is 0 Å². The summed E-state index contributed by atoms with van der Waals surface area (Å²) in [6, 6.07) is -0.156. The van der Waals surface area contributed by atoms with Gasteiger partial charge in [0, 0.05) is 7.11 Å². The van der Waals surface area contributed by atoms with Crippen LogP contribution in [0.4, 0.5) is 0 Å². The lowest BCUT2D eigenvalue weighted by molar-refractivity contribution is -0.137. The van der Waals surface area contributed by atoms with Crippen LogP contribution in [-0.4, -0.2) is 50.5 Å². The number of piperidine rings is 1. The number of ether oxygens (including phenoxy) is 1. The lowest BCUT2D eigenvalue weighted by Gasteiger charge is -2.36. The van der Waals surface area contributed by atoms with Crippen LogP contribution in [-0.2, 0) is 9.53 Å². The van der Waals surface area contributed by atoms with Crippen molar-refractivity contribution in [3.63, 3.8) is 0 Å². The maximum Gasteiger partial charge on any atom is 0.228 e. The lowest BCUT2D eigenvalue weighted by atomic mass is 9.78. The van der Waals surface area contributed by atoms with E-state index in [2.05, 4.69) is 24.5 Å². The van der Waals surface area contributed by atoms with Gasteiger partial charge in [-0.3, -0.25) is 4.79 Å². The zero-order valence-electron chi connectivity index (χ0n) is 12.4. The molecule has 0 aliphatic carbocycles. The molecule has 0 saturated carbocycles.